The molecule has 0 unspecified atom stereocenters. The summed E-state index contributed by atoms with van der Waals surface area (Å²) in [5.74, 6) is -1.23. The van der Waals surface area contributed by atoms with Gasteiger partial charge in [0.25, 0.3) is 5.75 Å². The van der Waals surface area contributed by atoms with Crippen molar-refractivity contribution >= 4 is 21.4 Å². The molecule has 92 valence electrons. The van der Waals surface area contributed by atoms with E-state index >= 15 is 0 Å². The van der Waals surface area contributed by atoms with E-state index < -0.39 is 41.9 Å². The van der Waals surface area contributed by atoms with Gasteiger partial charge in [-0.15, -0.1) is 0 Å². The molecule has 0 heterocycles. The summed E-state index contributed by atoms with van der Waals surface area (Å²) in [5.41, 5.74) is -2.22. The van der Waals surface area contributed by atoms with Crippen molar-refractivity contribution < 1.29 is 23.4 Å². The monoisotopic (exact) mass is 263 g/mol. The van der Waals surface area contributed by atoms with E-state index in [4.69, 9.17) is 5.14 Å². The van der Waals surface area contributed by atoms with Gasteiger partial charge in [0.15, 0.2) is 0 Å². The highest BCUT2D eigenvalue weighted by Gasteiger charge is 2.29. The number of sulfonamides is 1. The molecular formula is C6H5N3O7S. The van der Waals surface area contributed by atoms with Crippen LogP contribution in [0.25, 0.3) is 0 Å². The molecule has 0 aliphatic heterocycles. The first-order valence-corrected chi connectivity index (χ1v) is 5.38. The second kappa shape index (κ2) is 3.95. The van der Waals surface area contributed by atoms with Gasteiger partial charge >= 0.3 is 11.4 Å². The van der Waals surface area contributed by atoms with Crippen LogP contribution in [-0.4, -0.2) is 23.4 Å². The molecule has 1 aromatic rings. The number of primary sulfonamides is 1. The summed E-state index contributed by atoms with van der Waals surface area (Å²) in [6, 6.07) is 0.884. The molecule has 3 N–H and O–H groups in total. The number of nitro benzene ring substituents is 2. The standard InChI is InChI=1S/C6H5N3O7S/c7-17(15,16)3-1-4(8(11)12)6(10)5(2-3)9(13)14/h1-2,10H,(H2,7,15,16). The van der Waals surface area contributed by atoms with Crippen LogP contribution in [0.15, 0.2) is 17.0 Å². The fourth-order valence-electron chi connectivity index (χ4n) is 1.02. The lowest BCUT2D eigenvalue weighted by Crippen LogP contribution is -2.13. The summed E-state index contributed by atoms with van der Waals surface area (Å²) < 4.78 is 21.9. The summed E-state index contributed by atoms with van der Waals surface area (Å²) in [6.45, 7) is 0. The van der Waals surface area contributed by atoms with Crippen LogP contribution in [0.5, 0.6) is 5.75 Å². The van der Waals surface area contributed by atoms with Crippen LogP contribution in [0.1, 0.15) is 0 Å². The van der Waals surface area contributed by atoms with Gasteiger partial charge in [-0.25, -0.2) is 13.6 Å². The average Bonchev–Trinajstić information content (AvgIpc) is 2.14. The molecule has 1 rings (SSSR count). The Morgan fingerprint density at radius 1 is 1.12 bits per heavy atom. The number of rotatable bonds is 3. The fourth-order valence-corrected chi connectivity index (χ4v) is 1.57. The van der Waals surface area contributed by atoms with Crippen LogP contribution in [-0.2, 0) is 10.0 Å². The smallest absolute Gasteiger partial charge is 0.319 e. The van der Waals surface area contributed by atoms with Crippen molar-refractivity contribution in [2.45, 2.75) is 4.90 Å². The van der Waals surface area contributed by atoms with Crippen molar-refractivity contribution in [2.75, 3.05) is 0 Å². The quantitative estimate of drug-likeness (QED) is 0.564. The van der Waals surface area contributed by atoms with Gasteiger partial charge in [-0.3, -0.25) is 20.2 Å². The molecule has 0 atom stereocenters. The molecule has 0 saturated heterocycles. The van der Waals surface area contributed by atoms with E-state index in [9.17, 15) is 33.8 Å². The van der Waals surface area contributed by atoms with E-state index in [-0.39, 0.29) is 0 Å². The molecule has 17 heavy (non-hydrogen) atoms. The van der Waals surface area contributed by atoms with Gasteiger partial charge in [0.2, 0.25) is 10.0 Å². The van der Waals surface area contributed by atoms with E-state index in [2.05, 4.69) is 0 Å². The summed E-state index contributed by atoms with van der Waals surface area (Å²) in [6.07, 6.45) is 0. The molecule has 0 aliphatic carbocycles. The number of hydrogen-bond acceptors (Lipinski definition) is 7. The Bertz CT molecular complexity index is 573. The SMILES string of the molecule is NS(=O)(=O)c1cc([N+](=O)[O-])c(O)c([N+](=O)[O-])c1. The maximum absolute atomic E-state index is 10.9. The van der Waals surface area contributed by atoms with Crippen LogP contribution in [0.3, 0.4) is 0 Å². The van der Waals surface area contributed by atoms with Crippen molar-refractivity contribution in [3.63, 3.8) is 0 Å². The van der Waals surface area contributed by atoms with E-state index in [1.165, 1.54) is 0 Å². The van der Waals surface area contributed by atoms with Gasteiger partial charge in [0, 0.05) is 12.1 Å². The third-order valence-corrected chi connectivity index (χ3v) is 2.66. The molecule has 0 spiro atoms. The van der Waals surface area contributed by atoms with Gasteiger partial charge < -0.3 is 5.11 Å². The number of nitro groups is 2. The zero-order valence-corrected chi connectivity index (χ0v) is 8.75. The normalized spacial score (nSPS) is 11.1. The van der Waals surface area contributed by atoms with Crippen molar-refractivity contribution in [3.8, 4) is 5.75 Å². The molecule has 10 nitrogen and oxygen atoms in total. The first-order valence-electron chi connectivity index (χ1n) is 3.83. The third kappa shape index (κ3) is 2.46. The van der Waals surface area contributed by atoms with E-state index in [0.717, 1.165) is 0 Å². The predicted octanol–water partition coefficient (Wildman–Crippen LogP) is -0.144. The highest BCUT2D eigenvalue weighted by atomic mass is 32.2. The number of phenols is 1. The Morgan fingerprint density at radius 3 is 1.71 bits per heavy atom. The summed E-state index contributed by atoms with van der Waals surface area (Å²) in [4.78, 5) is 17.8. The van der Waals surface area contributed by atoms with Gasteiger partial charge in [-0.05, 0) is 0 Å². The Morgan fingerprint density at radius 2 is 1.47 bits per heavy atom. The van der Waals surface area contributed by atoms with Crippen LogP contribution in [0.2, 0.25) is 0 Å². The zero-order chi connectivity index (χ0) is 13.4. The zero-order valence-electron chi connectivity index (χ0n) is 7.93. The minimum absolute atomic E-state index is 0.442. The second-order valence-corrected chi connectivity index (χ2v) is 4.43. The summed E-state index contributed by atoms with van der Waals surface area (Å²) in [7, 11) is -4.35. The second-order valence-electron chi connectivity index (χ2n) is 2.87. The molecule has 0 saturated carbocycles. The lowest BCUT2D eigenvalue weighted by Gasteiger charge is -2.01. The minimum atomic E-state index is -4.35. The topological polar surface area (TPSA) is 167 Å². The lowest BCUT2D eigenvalue weighted by atomic mass is 10.2. The number of phenolic OH excluding ortho intramolecular Hbond substituents is 1. The highest BCUT2D eigenvalue weighted by Crippen LogP contribution is 2.37. The Labute approximate surface area is 93.6 Å². The van der Waals surface area contributed by atoms with Crippen LogP contribution in [0.4, 0.5) is 11.4 Å². The molecular weight excluding hydrogens is 258 g/mol. The average molecular weight is 263 g/mol. The summed E-state index contributed by atoms with van der Waals surface area (Å²) in [5, 5.41) is 34.8. The Balaban J connectivity index is 3.71. The fraction of sp³-hybridized carbons (Fsp3) is 0. The highest BCUT2D eigenvalue weighted by molar-refractivity contribution is 7.89. The van der Waals surface area contributed by atoms with Crippen molar-refractivity contribution in [1.82, 2.24) is 0 Å². The molecule has 0 fully saturated rings. The van der Waals surface area contributed by atoms with E-state index in [1.807, 2.05) is 0 Å². The number of aromatic hydroxyl groups is 1. The Hall–Kier alpha value is -2.27. The first-order chi connectivity index (χ1) is 7.64. The molecule has 1 aromatic carbocycles. The van der Waals surface area contributed by atoms with E-state index in [0.29, 0.717) is 12.1 Å². The van der Waals surface area contributed by atoms with Crippen LogP contribution >= 0.6 is 0 Å². The summed E-state index contributed by atoms with van der Waals surface area (Å²) >= 11 is 0. The maximum Gasteiger partial charge on any atom is 0.319 e. The number of benzene rings is 1. The van der Waals surface area contributed by atoms with Crippen molar-refractivity contribution in [2.24, 2.45) is 5.14 Å². The number of nitrogens with two attached hydrogens (primary N) is 1. The van der Waals surface area contributed by atoms with Gasteiger partial charge in [-0.1, -0.05) is 0 Å². The van der Waals surface area contributed by atoms with E-state index in [1.54, 1.807) is 0 Å². The molecule has 0 amide bonds. The number of nitrogens with zero attached hydrogens (tertiary/aromatic N) is 2. The molecule has 0 aliphatic rings. The van der Waals surface area contributed by atoms with Crippen LogP contribution in [0, 0.1) is 20.2 Å². The Kier molecular flexibility index (Phi) is 2.97. The van der Waals surface area contributed by atoms with Gasteiger partial charge in [0.05, 0.1) is 14.7 Å². The van der Waals surface area contributed by atoms with Crippen LogP contribution < -0.4 is 5.14 Å². The van der Waals surface area contributed by atoms with Crippen molar-refractivity contribution in [3.05, 3.63) is 32.4 Å². The molecule has 0 bridgehead atoms. The number of hydrogen-bond donors (Lipinski definition) is 2. The third-order valence-electron chi connectivity index (χ3n) is 1.77. The molecule has 0 aromatic heterocycles. The molecule has 0 radical (unpaired) electrons. The minimum Gasteiger partial charge on any atom is -0.497 e. The van der Waals surface area contributed by atoms with Gasteiger partial charge in [-0.2, -0.15) is 0 Å². The maximum atomic E-state index is 10.9. The lowest BCUT2D eigenvalue weighted by molar-refractivity contribution is -0.396. The van der Waals surface area contributed by atoms with Crippen molar-refractivity contribution in [1.29, 1.82) is 0 Å². The predicted molar refractivity (Wildman–Crippen MR) is 52.8 cm³/mol. The largest absolute Gasteiger partial charge is 0.497 e. The first kappa shape index (κ1) is 12.8. The van der Waals surface area contributed by atoms with Gasteiger partial charge in [0.1, 0.15) is 0 Å². The molecule has 11 heteroatoms.